The van der Waals surface area contributed by atoms with Gasteiger partial charge in [0.15, 0.2) is 0 Å². The maximum Gasteiger partial charge on any atom is 0.335 e. The highest BCUT2D eigenvalue weighted by atomic mass is 16.5. The lowest BCUT2D eigenvalue weighted by atomic mass is 9.83. The number of benzene rings is 4. The van der Waals surface area contributed by atoms with Crippen LogP contribution in [0.3, 0.4) is 0 Å². The zero-order valence-electron chi connectivity index (χ0n) is 23.3. The fraction of sp³-hybridized carbons (Fsp3) is 0.265. The molecule has 1 aliphatic rings. The van der Waals surface area contributed by atoms with Crippen molar-refractivity contribution in [1.29, 1.82) is 0 Å². The molecule has 5 nitrogen and oxygen atoms in total. The maximum atomic E-state index is 12.2. The van der Waals surface area contributed by atoms with Crippen molar-refractivity contribution >= 4 is 23.0 Å². The van der Waals surface area contributed by atoms with Crippen LogP contribution in [0.4, 0.5) is 17.1 Å². The molecule has 1 unspecified atom stereocenters. The first-order valence-corrected chi connectivity index (χ1v) is 13.7. The van der Waals surface area contributed by atoms with Crippen LogP contribution in [0, 0.1) is 20.8 Å². The van der Waals surface area contributed by atoms with Crippen molar-refractivity contribution < 1.29 is 14.6 Å². The topological polar surface area (TPSA) is 61.8 Å². The lowest BCUT2D eigenvalue weighted by molar-refractivity contribution is 0.0695. The number of carbonyl (C=O) groups is 1. The van der Waals surface area contributed by atoms with Gasteiger partial charge in [0.2, 0.25) is 0 Å². The van der Waals surface area contributed by atoms with E-state index in [1.165, 1.54) is 11.1 Å². The molecule has 1 heterocycles. The van der Waals surface area contributed by atoms with Crippen LogP contribution in [0.25, 0.3) is 0 Å². The van der Waals surface area contributed by atoms with Gasteiger partial charge < -0.3 is 20.1 Å². The van der Waals surface area contributed by atoms with E-state index in [9.17, 15) is 9.90 Å². The fourth-order valence-corrected chi connectivity index (χ4v) is 5.62. The molecule has 2 N–H and O–H groups in total. The highest BCUT2D eigenvalue weighted by molar-refractivity contribution is 5.90. The number of ether oxygens (including phenoxy) is 1. The number of hydrogen-bond acceptors (Lipinski definition) is 4. The summed E-state index contributed by atoms with van der Waals surface area (Å²) in [6, 6.07) is 24.3. The van der Waals surface area contributed by atoms with E-state index in [1.807, 2.05) is 12.1 Å². The van der Waals surface area contributed by atoms with Gasteiger partial charge in [0.1, 0.15) is 11.5 Å². The zero-order valence-corrected chi connectivity index (χ0v) is 23.3. The average molecular weight is 521 g/mol. The summed E-state index contributed by atoms with van der Waals surface area (Å²) >= 11 is 0. The number of anilines is 3. The minimum absolute atomic E-state index is 0.170. The number of aryl methyl sites for hydroxylation is 3. The van der Waals surface area contributed by atoms with Crippen molar-refractivity contribution in [3.05, 3.63) is 112 Å². The van der Waals surface area contributed by atoms with Gasteiger partial charge in [-0.3, -0.25) is 0 Å². The van der Waals surface area contributed by atoms with Crippen LogP contribution in [0.1, 0.15) is 63.5 Å². The molecule has 1 atom stereocenters. The minimum atomic E-state index is -0.918. The molecule has 0 spiro atoms. The molecule has 0 aromatic heterocycles. The summed E-state index contributed by atoms with van der Waals surface area (Å²) in [7, 11) is 0. The molecular weight excluding hydrogens is 484 g/mol. The highest BCUT2D eigenvalue weighted by Crippen LogP contribution is 2.46. The average Bonchev–Trinajstić information content (AvgIpc) is 3.07. The van der Waals surface area contributed by atoms with Crippen molar-refractivity contribution in [3.63, 3.8) is 0 Å². The van der Waals surface area contributed by atoms with Crippen LogP contribution >= 0.6 is 0 Å². The summed E-state index contributed by atoms with van der Waals surface area (Å²) in [5.74, 6) is 0.499. The maximum absolute atomic E-state index is 12.2. The van der Waals surface area contributed by atoms with E-state index < -0.39 is 5.97 Å². The number of nitrogens with one attached hydrogen (secondary N) is 1. The van der Waals surface area contributed by atoms with E-state index in [2.05, 4.69) is 93.4 Å². The van der Waals surface area contributed by atoms with Gasteiger partial charge in [0.05, 0.1) is 5.56 Å². The Labute approximate surface area is 231 Å². The van der Waals surface area contributed by atoms with Gasteiger partial charge in [-0.15, -0.1) is 0 Å². The number of rotatable bonds is 7. The van der Waals surface area contributed by atoms with Crippen molar-refractivity contribution in [2.45, 2.75) is 47.0 Å². The van der Waals surface area contributed by atoms with Crippen LogP contribution in [-0.4, -0.2) is 24.2 Å². The Morgan fingerprint density at radius 1 is 0.872 bits per heavy atom. The summed E-state index contributed by atoms with van der Waals surface area (Å²) in [6.07, 6.45) is 0.624. The first-order valence-electron chi connectivity index (χ1n) is 13.7. The van der Waals surface area contributed by atoms with Gasteiger partial charge in [0, 0.05) is 47.7 Å². The zero-order chi connectivity index (χ0) is 27.7. The molecule has 200 valence electrons. The van der Waals surface area contributed by atoms with E-state index in [0.29, 0.717) is 12.0 Å². The Bertz CT molecular complexity index is 1540. The molecule has 4 aromatic carbocycles. The van der Waals surface area contributed by atoms with Crippen molar-refractivity contribution in [1.82, 2.24) is 0 Å². The molecule has 4 aromatic rings. The van der Waals surface area contributed by atoms with E-state index in [4.69, 9.17) is 4.74 Å². The minimum Gasteiger partial charge on any atom is -0.478 e. The number of fused-ring (bicyclic) bond motifs is 2. The summed E-state index contributed by atoms with van der Waals surface area (Å²) in [4.78, 5) is 14.5. The molecule has 0 fully saturated rings. The summed E-state index contributed by atoms with van der Waals surface area (Å²) in [6.45, 7) is 12.4. The third-order valence-electron chi connectivity index (χ3n) is 7.77. The van der Waals surface area contributed by atoms with Crippen LogP contribution in [0.2, 0.25) is 0 Å². The number of nitrogens with zero attached hydrogens (tertiary/aromatic N) is 1. The van der Waals surface area contributed by atoms with E-state index in [1.54, 1.807) is 12.1 Å². The normalized spacial score (nSPS) is 14.0. The van der Waals surface area contributed by atoms with Gasteiger partial charge in [-0.25, -0.2) is 4.79 Å². The van der Waals surface area contributed by atoms with Crippen molar-refractivity contribution in [2.24, 2.45) is 0 Å². The molecule has 0 amide bonds. The third kappa shape index (κ3) is 5.22. The molecule has 5 heteroatoms. The monoisotopic (exact) mass is 520 g/mol. The van der Waals surface area contributed by atoms with Crippen molar-refractivity contribution in [3.8, 4) is 11.5 Å². The Morgan fingerprint density at radius 3 is 2.33 bits per heavy atom. The molecule has 0 radical (unpaired) electrons. The van der Waals surface area contributed by atoms with Crippen LogP contribution in [-0.2, 0) is 6.42 Å². The Morgan fingerprint density at radius 2 is 1.62 bits per heavy atom. The molecule has 0 aliphatic carbocycles. The standard InChI is InChI=1S/C34H36N2O3/c1-6-36(7-2)25-13-14-27-29(26-10-8-9-11-28(26)34(37)38)18-24-19-31(23(5)17-32(24)39-33(27)20-25)35-30-15-12-21(3)16-22(30)4/h8-17,19-20,29,35H,6-7,18H2,1-5H3,(H,37,38). The number of carboxylic acids is 1. The molecule has 5 rings (SSSR count). The quantitative estimate of drug-likeness (QED) is 0.256. The predicted molar refractivity (Wildman–Crippen MR) is 159 cm³/mol. The summed E-state index contributed by atoms with van der Waals surface area (Å²) < 4.78 is 6.66. The van der Waals surface area contributed by atoms with Gasteiger partial charge >= 0.3 is 5.97 Å². The molecule has 0 saturated carbocycles. The molecule has 0 saturated heterocycles. The summed E-state index contributed by atoms with van der Waals surface area (Å²) in [5, 5.41) is 13.7. The number of aromatic carboxylic acids is 1. The van der Waals surface area contributed by atoms with Crippen molar-refractivity contribution in [2.75, 3.05) is 23.3 Å². The van der Waals surface area contributed by atoms with Gasteiger partial charge in [-0.2, -0.15) is 0 Å². The van der Waals surface area contributed by atoms with E-state index >= 15 is 0 Å². The van der Waals surface area contributed by atoms with Gasteiger partial charge in [-0.1, -0.05) is 42.0 Å². The summed E-state index contributed by atoms with van der Waals surface area (Å²) in [5.41, 5.74) is 9.83. The van der Waals surface area contributed by atoms with E-state index in [-0.39, 0.29) is 5.92 Å². The second-order valence-corrected chi connectivity index (χ2v) is 10.4. The molecule has 1 aliphatic heterocycles. The fourth-order valence-electron chi connectivity index (χ4n) is 5.62. The van der Waals surface area contributed by atoms with Crippen LogP contribution in [0.5, 0.6) is 11.5 Å². The third-order valence-corrected chi connectivity index (χ3v) is 7.77. The van der Waals surface area contributed by atoms with Gasteiger partial charge in [-0.05, 0) is 93.6 Å². The number of carboxylic acid groups (broad SMARTS) is 1. The smallest absolute Gasteiger partial charge is 0.335 e. The highest BCUT2D eigenvalue weighted by Gasteiger charge is 2.29. The second-order valence-electron chi connectivity index (χ2n) is 10.4. The SMILES string of the molecule is CCN(CC)c1ccc2c(c1)Oc1cc(C)c(Nc3ccc(C)cc3C)cc1CC2c1ccccc1C(=O)O. The second kappa shape index (κ2) is 10.9. The predicted octanol–water partition coefficient (Wildman–Crippen LogP) is 8.38. The Balaban J connectivity index is 1.65. The largest absolute Gasteiger partial charge is 0.478 e. The Hall–Kier alpha value is -4.25. The molecule has 39 heavy (non-hydrogen) atoms. The lowest BCUT2D eigenvalue weighted by Gasteiger charge is -2.24. The molecular formula is C34H36N2O3. The van der Waals surface area contributed by atoms with Crippen LogP contribution < -0.4 is 15.0 Å². The number of hydrogen-bond donors (Lipinski definition) is 2. The first-order chi connectivity index (χ1) is 18.8. The lowest BCUT2D eigenvalue weighted by Crippen LogP contribution is -2.21. The van der Waals surface area contributed by atoms with E-state index in [0.717, 1.165) is 63.9 Å². The Kier molecular flexibility index (Phi) is 7.34. The van der Waals surface area contributed by atoms with Crippen LogP contribution in [0.15, 0.2) is 72.8 Å². The van der Waals surface area contributed by atoms with Gasteiger partial charge in [0.25, 0.3) is 0 Å². The molecule has 0 bridgehead atoms. The first kappa shape index (κ1) is 26.4.